The highest BCUT2D eigenvalue weighted by molar-refractivity contribution is 5.76. The van der Waals surface area contributed by atoms with Gasteiger partial charge in [-0.3, -0.25) is 0 Å². The normalized spacial score (nSPS) is 48.9. The van der Waals surface area contributed by atoms with E-state index >= 15 is 0 Å². The summed E-state index contributed by atoms with van der Waals surface area (Å²) in [6, 6.07) is 0. The fraction of sp³-hybridized carbons (Fsp3) is 0.955. The molecule has 3 aliphatic rings. The molecule has 39 heavy (non-hydrogen) atoms. The first-order valence-corrected chi connectivity index (χ1v) is 12.4. The Morgan fingerprint density at radius 3 is 2.26 bits per heavy atom. The minimum Gasteiger partial charge on any atom is -0.477 e. The van der Waals surface area contributed by atoms with Gasteiger partial charge in [-0.05, 0) is 6.92 Å². The van der Waals surface area contributed by atoms with E-state index in [1.807, 2.05) is 0 Å². The quantitative estimate of drug-likeness (QED) is 0.114. The largest absolute Gasteiger partial charge is 0.477 e. The maximum Gasteiger partial charge on any atom is 0.364 e. The molecule has 15 unspecified atom stereocenters. The first-order valence-electron chi connectivity index (χ1n) is 12.4. The second-order valence-electron chi connectivity index (χ2n) is 10.2. The fourth-order valence-electron chi connectivity index (χ4n) is 4.90. The van der Waals surface area contributed by atoms with Crippen LogP contribution in [0.2, 0.25) is 0 Å². The van der Waals surface area contributed by atoms with Crippen molar-refractivity contribution >= 4 is 5.97 Å². The molecule has 0 aromatic rings. The number of carboxylic acid groups (broad SMARTS) is 1. The van der Waals surface area contributed by atoms with Crippen molar-refractivity contribution in [2.75, 3.05) is 19.8 Å². The maximum atomic E-state index is 12.3. The fourth-order valence-corrected chi connectivity index (χ4v) is 4.90. The summed E-state index contributed by atoms with van der Waals surface area (Å²) in [7, 11) is 0. The van der Waals surface area contributed by atoms with E-state index in [2.05, 4.69) is 0 Å². The van der Waals surface area contributed by atoms with Gasteiger partial charge in [0.05, 0.1) is 31.5 Å². The predicted octanol–water partition coefficient (Wildman–Crippen LogP) is -6.06. The number of hydrogen-bond acceptors (Lipinski definition) is 16. The molecule has 3 rings (SSSR count). The lowest BCUT2D eigenvalue weighted by atomic mass is 9.84. The molecule has 0 saturated carbocycles. The average Bonchev–Trinajstić information content (AvgIpc) is 2.89. The van der Waals surface area contributed by atoms with Crippen LogP contribution in [-0.4, -0.2) is 167 Å². The van der Waals surface area contributed by atoms with Gasteiger partial charge in [-0.1, -0.05) is 6.92 Å². The molecule has 0 aliphatic carbocycles. The summed E-state index contributed by atoms with van der Waals surface area (Å²) in [4.78, 5) is 12.3. The Bertz CT molecular complexity index is 830. The van der Waals surface area contributed by atoms with Gasteiger partial charge in [-0.25, -0.2) is 4.79 Å². The highest BCUT2D eigenvalue weighted by Gasteiger charge is 2.61. The molecule has 15 atom stereocenters. The van der Waals surface area contributed by atoms with Crippen molar-refractivity contribution in [1.29, 1.82) is 0 Å². The number of carboxylic acids is 1. The average molecular weight is 575 g/mol. The molecule has 3 heterocycles. The Kier molecular flexibility index (Phi) is 10.3. The zero-order chi connectivity index (χ0) is 29.4. The summed E-state index contributed by atoms with van der Waals surface area (Å²) in [5, 5.41) is 112. The van der Waals surface area contributed by atoms with E-state index in [0.717, 1.165) is 0 Å². The molecular weight excluding hydrogens is 536 g/mol. The van der Waals surface area contributed by atoms with Gasteiger partial charge in [0.2, 0.25) is 5.79 Å². The number of carbonyl (C=O) groups is 1. The van der Waals surface area contributed by atoms with Crippen LogP contribution in [0.5, 0.6) is 0 Å². The molecule has 0 aromatic heterocycles. The SMILES string of the molecule is CC1OC(CO)C(OC2OCC(O)(OC3(C(=O)O)CC(O)C(C)C(C(O)C(O)CO)O3)C(O)C2O)C(O)C1O. The summed E-state index contributed by atoms with van der Waals surface area (Å²) in [5.41, 5.74) is 0. The Morgan fingerprint density at radius 2 is 1.69 bits per heavy atom. The smallest absolute Gasteiger partial charge is 0.364 e. The van der Waals surface area contributed by atoms with Crippen LogP contribution in [0, 0.1) is 5.92 Å². The van der Waals surface area contributed by atoms with Crippen molar-refractivity contribution in [3.05, 3.63) is 0 Å². The lowest BCUT2D eigenvalue weighted by Crippen LogP contribution is -2.70. The summed E-state index contributed by atoms with van der Waals surface area (Å²) in [5.74, 6) is -8.83. The summed E-state index contributed by atoms with van der Waals surface area (Å²) in [6.45, 7) is 0.168. The van der Waals surface area contributed by atoms with Crippen LogP contribution in [0.15, 0.2) is 0 Å². The van der Waals surface area contributed by atoms with E-state index in [4.69, 9.17) is 28.8 Å². The van der Waals surface area contributed by atoms with Gasteiger partial charge in [0, 0.05) is 12.3 Å². The van der Waals surface area contributed by atoms with Crippen LogP contribution < -0.4 is 0 Å². The third-order valence-corrected chi connectivity index (χ3v) is 7.43. The third-order valence-electron chi connectivity index (χ3n) is 7.43. The van der Waals surface area contributed by atoms with Gasteiger partial charge in [0.25, 0.3) is 5.79 Å². The first kappa shape index (κ1) is 32.4. The Morgan fingerprint density at radius 1 is 1.05 bits per heavy atom. The topological polar surface area (TPSA) is 286 Å². The second kappa shape index (κ2) is 12.4. The first-order chi connectivity index (χ1) is 18.1. The van der Waals surface area contributed by atoms with E-state index in [0.29, 0.717) is 0 Å². The van der Waals surface area contributed by atoms with Crippen LogP contribution in [0.25, 0.3) is 0 Å². The van der Waals surface area contributed by atoms with Gasteiger partial charge >= 0.3 is 5.97 Å². The zero-order valence-corrected chi connectivity index (χ0v) is 21.2. The molecule has 11 N–H and O–H groups in total. The standard InChI is InChI=1S/C22H38O17/c1-7-9(25)3-22(20(32)33,38-16(7)13(28)10(26)4-23)39-21(34)6-35-19(15(30)18(21)31)37-17-11(5-24)36-8(2)12(27)14(17)29/h7-19,23-31,34H,3-6H2,1-2H3,(H,32,33). The van der Waals surface area contributed by atoms with E-state index in [1.54, 1.807) is 0 Å². The molecule has 0 radical (unpaired) electrons. The molecule has 0 bridgehead atoms. The lowest BCUT2D eigenvalue weighted by molar-refractivity contribution is -0.436. The number of ether oxygens (including phenoxy) is 5. The molecule has 3 aliphatic heterocycles. The van der Waals surface area contributed by atoms with Gasteiger partial charge in [0.15, 0.2) is 6.29 Å². The molecule has 3 fully saturated rings. The van der Waals surface area contributed by atoms with Crippen LogP contribution in [0.1, 0.15) is 20.3 Å². The van der Waals surface area contributed by atoms with Crippen molar-refractivity contribution in [2.45, 2.75) is 105 Å². The van der Waals surface area contributed by atoms with Crippen LogP contribution >= 0.6 is 0 Å². The van der Waals surface area contributed by atoms with Crippen LogP contribution in [0.4, 0.5) is 0 Å². The van der Waals surface area contributed by atoms with Crippen LogP contribution in [0.3, 0.4) is 0 Å². The van der Waals surface area contributed by atoms with Crippen molar-refractivity contribution < 1.29 is 84.7 Å². The molecule has 228 valence electrons. The van der Waals surface area contributed by atoms with Crippen LogP contribution in [-0.2, 0) is 28.5 Å². The van der Waals surface area contributed by atoms with Gasteiger partial charge in [-0.2, -0.15) is 0 Å². The predicted molar refractivity (Wildman–Crippen MR) is 120 cm³/mol. The number of hydrogen-bond donors (Lipinski definition) is 11. The van der Waals surface area contributed by atoms with E-state index in [9.17, 15) is 55.9 Å². The molecule has 17 heteroatoms. The van der Waals surface area contributed by atoms with Crippen molar-refractivity contribution in [1.82, 2.24) is 0 Å². The Labute approximate surface area is 222 Å². The number of rotatable bonds is 9. The Balaban J connectivity index is 1.80. The molecule has 0 amide bonds. The molecule has 0 aromatic carbocycles. The van der Waals surface area contributed by atoms with E-state index in [-0.39, 0.29) is 0 Å². The molecular formula is C22H38O17. The summed E-state index contributed by atoms with van der Waals surface area (Å²) in [6.07, 6.45) is -20.5. The highest BCUT2D eigenvalue weighted by Crippen LogP contribution is 2.41. The maximum absolute atomic E-state index is 12.3. The minimum atomic E-state index is -3.00. The number of aliphatic carboxylic acids is 1. The number of aliphatic hydroxyl groups excluding tert-OH is 9. The van der Waals surface area contributed by atoms with Crippen molar-refractivity contribution in [3.8, 4) is 0 Å². The van der Waals surface area contributed by atoms with Gasteiger partial charge in [-0.15, -0.1) is 0 Å². The van der Waals surface area contributed by atoms with Gasteiger partial charge in [0.1, 0.15) is 55.4 Å². The Hall–Kier alpha value is -1.13. The second-order valence-corrected chi connectivity index (χ2v) is 10.2. The lowest BCUT2D eigenvalue weighted by Gasteiger charge is -2.51. The van der Waals surface area contributed by atoms with Crippen molar-refractivity contribution in [3.63, 3.8) is 0 Å². The minimum absolute atomic E-state index is 0.658. The van der Waals surface area contributed by atoms with E-state index < -0.39 is 123 Å². The molecule has 17 nitrogen and oxygen atoms in total. The summed E-state index contributed by atoms with van der Waals surface area (Å²) < 4.78 is 26.8. The highest BCUT2D eigenvalue weighted by atomic mass is 16.8. The van der Waals surface area contributed by atoms with E-state index in [1.165, 1.54) is 13.8 Å². The monoisotopic (exact) mass is 574 g/mol. The molecule has 0 spiro atoms. The number of aliphatic hydroxyl groups is 10. The van der Waals surface area contributed by atoms with Crippen molar-refractivity contribution in [2.24, 2.45) is 5.92 Å². The third kappa shape index (κ3) is 6.22. The van der Waals surface area contributed by atoms with Gasteiger partial charge < -0.3 is 79.9 Å². The molecule has 3 saturated heterocycles. The zero-order valence-electron chi connectivity index (χ0n) is 21.2. The summed E-state index contributed by atoms with van der Waals surface area (Å²) >= 11 is 0.